The SMILES string of the molecule is C/C=C(\c1c(C)ncnc1N1CCN(C(=O)OC(C)(C)C)CC1)C(C)CC.CCCC(F)(F)CC.CCCc1cccc(Cl)c1. The number of aryl methyl sites for hydroxylation is 2. The van der Waals surface area contributed by atoms with Crippen molar-refractivity contribution in [1.29, 1.82) is 0 Å². The monoisotopic (exact) mass is 650 g/mol. The molecule has 0 bridgehead atoms. The van der Waals surface area contributed by atoms with E-state index in [1.165, 1.54) is 24.5 Å². The van der Waals surface area contributed by atoms with Crippen LogP contribution in [0.4, 0.5) is 19.4 Å². The Kier molecular flexibility index (Phi) is 17.6. The molecule has 1 aromatic carbocycles. The number of hydrogen-bond donors (Lipinski definition) is 0. The van der Waals surface area contributed by atoms with Gasteiger partial charge in [0.1, 0.15) is 17.7 Å². The number of nitrogens with zero attached hydrogens (tertiary/aromatic N) is 4. The summed E-state index contributed by atoms with van der Waals surface area (Å²) in [6.07, 6.45) is 7.53. The second-order valence-electron chi connectivity index (χ2n) is 12.5. The van der Waals surface area contributed by atoms with Gasteiger partial charge in [0.15, 0.2) is 0 Å². The van der Waals surface area contributed by atoms with E-state index in [2.05, 4.69) is 54.7 Å². The Labute approximate surface area is 276 Å². The molecule has 1 saturated heterocycles. The van der Waals surface area contributed by atoms with Crippen molar-refractivity contribution in [3.8, 4) is 0 Å². The first kappa shape index (κ1) is 40.3. The first-order valence-electron chi connectivity index (χ1n) is 16.5. The van der Waals surface area contributed by atoms with Gasteiger partial charge in [-0.2, -0.15) is 0 Å². The average Bonchev–Trinajstić information content (AvgIpc) is 2.98. The summed E-state index contributed by atoms with van der Waals surface area (Å²) < 4.78 is 29.8. The van der Waals surface area contributed by atoms with Crippen LogP contribution in [-0.2, 0) is 11.2 Å². The Morgan fingerprint density at radius 1 is 1.07 bits per heavy atom. The van der Waals surface area contributed by atoms with Gasteiger partial charge in [0.2, 0.25) is 5.92 Å². The van der Waals surface area contributed by atoms with Crippen LogP contribution in [0.5, 0.6) is 0 Å². The highest BCUT2D eigenvalue weighted by molar-refractivity contribution is 6.30. The molecule has 1 atom stereocenters. The van der Waals surface area contributed by atoms with E-state index in [0.29, 0.717) is 25.4 Å². The standard InChI is InChI=1S/C21H34N4O2.C9H11Cl.C6H12F2/c1-8-15(3)17(9-2)18-16(4)22-14-23-19(18)24-10-12-25(13-11-24)20(26)27-21(5,6)7;1-2-4-8-5-3-6-9(10)7-8;1-3-5-6(7,8)4-2/h9,14-15H,8,10-13H2,1-7H3;3,5-7H,2,4H2,1H3;3-5H2,1-2H3/b17-9-;;. The lowest BCUT2D eigenvalue weighted by Crippen LogP contribution is -2.50. The van der Waals surface area contributed by atoms with Gasteiger partial charge in [0, 0.05) is 49.6 Å². The number of halogens is 3. The molecule has 45 heavy (non-hydrogen) atoms. The lowest BCUT2D eigenvalue weighted by molar-refractivity contribution is -0.0119. The molecule has 1 aliphatic heterocycles. The number of hydrogen-bond acceptors (Lipinski definition) is 5. The molecule has 1 amide bonds. The highest BCUT2D eigenvalue weighted by atomic mass is 35.5. The van der Waals surface area contributed by atoms with Crippen molar-refractivity contribution in [3.63, 3.8) is 0 Å². The summed E-state index contributed by atoms with van der Waals surface area (Å²) >= 11 is 5.78. The number of benzene rings is 1. The minimum atomic E-state index is -2.41. The number of piperazine rings is 1. The van der Waals surface area contributed by atoms with Crippen molar-refractivity contribution in [3.05, 3.63) is 58.5 Å². The number of aromatic nitrogens is 2. The van der Waals surface area contributed by atoms with Crippen LogP contribution in [0.1, 0.15) is 111 Å². The van der Waals surface area contributed by atoms with Gasteiger partial charge in [-0.3, -0.25) is 0 Å². The maximum absolute atomic E-state index is 12.3. The first-order valence-corrected chi connectivity index (χ1v) is 16.8. The zero-order chi connectivity index (χ0) is 34.2. The summed E-state index contributed by atoms with van der Waals surface area (Å²) in [4.78, 5) is 25.4. The van der Waals surface area contributed by atoms with E-state index < -0.39 is 11.5 Å². The summed E-state index contributed by atoms with van der Waals surface area (Å²) in [6.45, 7) is 22.4. The molecule has 0 saturated carbocycles. The zero-order valence-electron chi connectivity index (χ0n) is 29.4. The summed E-state index contributed by atoms with van der Waals surface area (Å²) in [5.41, 5.74) is 4.29. The summed E-state index contributed by atoms with van der Waals surface area (Å²) in [5, 5.41) is 0.839. The predicted octanol–water partition coefficient (Wildman–Crippen LogP) is 10.4. The maximum Gasteiger partial charge on any atom is 0.410 e. The van der Waals surface area contributed by atoms with Crippen molar-refractivity contribution in [2.45, 2.75) is 119 Å². The third kappa shape index (κ3) is 14.5. The molecule has 0 aliphatic carbocycles. The Morgan fingerprint density at radius 3 is 2.18 bits per heavy atom. The van der Waals surface area contributed by atoms with Crippen LogP contribution >= 0.6 is 11.6 Å². The highest BCUT2D eigenvalue weighted by Crippen LogP contribution is 2.34. The van der Waals surface area contributed by atoms with E-state index in [0.717, 1.165) is 48.0 Å². The third-order valence-corrected chi connectivity index (χ3v) is 7.79. The predicted molar refractivity (Wildman–Crippen MR) is 185 cm³/mol. The van der Waals surface area contributed by atoms with E-state index in [4.69, 9.17) is 16.3 Å². The average molecular weight is 651 g/mol. The number of carbonyl (C=O) groups is 1. The molecule has 1 aliphatic rings. The fourth-order valence-electron chi connectivity index (χ4n) is 4.88. The van der Waals surface area contributed by atoms with Crippen molar-refractivity contribution in [2.75, 3.05) is 31.1 Å². The second kappa shape index (κ2) is 19.7. The van der Waals surface area contributed by atoms with E-state index in [1.807, 2.05) is 45.9 Å². The van der Waals surface area contributed by atoms with Crippen LogP contribution in [0.25, 0.3) is 5.57 Å². The normalized spacial score (nSPS) is 14.6. The number of rotatable bonds is 9. The van der Waals surface area contributed by atoms with Gasteiger partial charge in [0.05, 0.1) is 5.69 Å². The maximum atomic E-state index is 12.3. The quantitative estimate of drug-likeness (QED) is 0.270. The van der Waals surface area contributed by atoms with Crippen LogP contribution in [0, 0.1) is 12.8 Å². The molecule has 6 nitrogen and oxygen atoms in total. The smallest absolute Gasteiger partial charge is 0.410 e. The third-order valence-electron chi connectivity index (χ3n) is 7.55. The molecular weight excluding hydrogens is 594 g/mol. The number of carbonyl (C=O) groups excluding carboxylic acids is 1. The van der Waals surface area contributed by atoms with Gasteiger partial charge in [0.25, 0.3) is 0 Å². The molecule has 2 heterocycles. The molecule has 0 radical (unpaired) electrons. The Bertz CT molecular complexity index is 1190. The zero-order valence-corrected chi connectivity index (χ0v) is 30.1. The first-order chi connectivity index (χ1) is 21.1. The fraction of sp³-hybridized carbons (Fsp3) is 0.639. The molecule has 1 unspecified atom stereocenters. The number of ether oxygens (including phenoxy) is 1. The lowest BCUT2D eigenvalue weighted by atomic mass is 9.90. The number of allylic oxidation sites excluding steroid dienone is 2. The molecule has 0 spiro atoms. The van der Waals surface area contributed by atoms with Gasteiger partial charge < -0.3 is 14.5 Å². The van der Waals surface area contributed by atoms with Gasteiger partial charge in [-0.05, 0) is 76.6 Å². The molecule has 2 aromatic rings. The highest BCUT2D eigenvalue weighted by Gasteiger charge is 2.28. The van der Waals surface area contributed by atoms with Crippen LogP contribution < -0.4 is 4.90 Å². The van der Waals surface area contributed by atoms with Crippen molar-refractivity contribution in [2.24, 2.45) is 5.92 Å². The molecule has 1 aromatic heterocycles. The number of amides is 1. The number of alkyl halides is 2. The van der Waals surface area contributed by atoms with Gasteiger partial charge in [-0.25, -0.2) is 23.5 Å². The molecule has 0 N–H and O–H groups in total. The van der Waals surface area contributed by atoms with Gasteiger partial charge in [-0.15, -0.1) is 0 Å². The van der Waals surface area contributed by atoms with Gasteiger partial charge >= 0.3 is 6.09 Å². The second-order valence-corrected chi connectivity index (χ2v) is 12.9. The van der Waals surface area contributed by atoms with Crippen LogP contribution in [0.2, 0.25) is 5.02 Å². The van der Waals surface area contributed by atoms with Crippen molar-refractivity contribution < 1.29 is 18.3 Å². The summed E-state index contributed by atoms with van der Waals surface area (Å²) in [7, 11) is 0. The molecule has 254 valence electrons. The van der Waals surface area contributed by atoms with Crippen LogP contribution in [0.15, 0.2) is 36.7 Å². The topological polar surface area (TPSA) is 58.6 Å². The molecule has 9 heteroatoms. The van der Waals surface area contributed by atoms with E-state index in [1.54, 1.807) is 18.2 Å². The van der Waals surface area contributed by atoms with Crippen molar-refractivity contribution >= 4 is 29.1 Å². The number of anilines is 1. The lowest BCUT2D eigenvalue weighted by Gasteiger charge is -2.37. The Balaban J connectivity index is 0.000000457. The molecule has 1 fully saturated rings. The van der Waals surface area contributed by atoms with Crippen LogP contribution in [0.3, 0.4) is 0 Å². The van der Waals surface area contributed by atoms with Gasteiger partial charge in [-0.1, -0.05) is 77.3 Å². The summed E-state index contributed by atoms with van der Waals surface area (Å²) in [5.74, 6) is -0.990. The largest absolute Gasteiger partial charge is 0.444 e. The van der Waals surface area contributed by atoms with E-state index in [9.17, 15) is 13.6 Å². The van der Waals surface area contributed by atoms with Crippen LogP contribution in [-0.4, -0.2) is 58.7 Å². The minimum absolute atomic E-state index is 0.0269. The van der Waals surface area contributed by atoms with E-state index >= 15 is 0 Å². The van der Waals surface area contributed by atoms with E-state index in [-0.39, 0.29) is 18.9 Å². The summed E-state index contributed by atoms with van der Waals surface area (Å²) in [6, 6.07) is 8.02. The molecule has 3 rings (SSSR count). The minimum Gasteiger partial charge on any atom is -0.444 e. The Morgan fingerprint density at radius 2 is 1.71 bits per heavy atom. The molecular formula is C36H57ClF2N4O2. The van der Waals surface area contributed by atoms with Crippen molar-refractivity contribution in [1.82, 2.24) is 14.9 Å². The fourth-order valence-corrected chi connectivity index (χ4v) is 5.10. The Hall–Kier alpha value is -2.74.